The summed E-state index contributed by atoms with van der Waals surface area (Å²) in [6.45, 7) is 0. The zero-order valence-corrected chi connectivity index (χ0v) is 4.12. The van der Waals surface area contributed by atoms with Crippen LogP contribution in [-0.2, 0) is 4.57 Å². The third-order valence-electron chi connectivity index (χ3n) is 0.202. The van der Waals surface area contributed by atoms with E-state index in [-0.39, 0.29) is 5.96 Å². The van der Waals surface area contributed by atoms with Gasteiger partial charge < -0.3 is 15.0 Å². The minimum Gasteiger partial charge on any atom is -0.411 e. The van der Waals surface area contributed by atoms with E-state index in [0.717, 1.165) is 0 Å². The van der Waals surface area contributed by atoms with Gasteiger partial charge in [-0.25, -0.2) is 0 Å². The molecule has 0 saturated heterocycles. The van der Waals surface area contributed by atoms with Gasteiger partial charge in [0.25, 0.3) is 0 Å². The Morgan fingerprint density at radius 3 is 2.00 bits per heavy atom. The van der Waals surface area contributed by atoms with Crippen LogP contribution in [-0.4, -0.2) is 20.9 Å². The smallest absolute Gasteiger partial charge is 0.370 e. The Morgan fingerprint density at radius 1 is 1.57 bits per heavy atom. The van der Waals surface area contributed by atoms with Crippen molar-refractivity contribution >= 4 is 13.6 Å². The molecule has 0 heterocycles. The minimum atomic E-state index is -4.21. The van der Waals surface area contributed by atoms with Crippen molar-refractivity contribution in [2.45, 2.75) is 0 Å². The highest BCUT2D eigenvalue weighted by Gasteiger charge is 2.05. The second-order valence-electron chi connectivity index (χ2n) is 0.820. The number of oxime groups is 1. The summed E-state index contributed by atoms with van der Waals surface area (Å²) < 4.78 is 9.62. The molecule has 0 radical (unpaired) electrons. The van der Waals surface area contributed by atoms with E-state index in [0.29, 0.717) is 0 Å². The zero-order valence-electron chi connectivity index (χ0n) is 3.22. The van der Waals surface area contributed by atoms with Gasteiger partial charge in [-0.3, -0.25) is 4.57 Å². The Labute approximate surface area is 39.4 Å². The van der Waals surface area contributed by atoms with Gasteiger partial charge in [0.15, 0.2) is 5.96 Å². The van der Waals surface area contributed by atoms with Crippen LogP contribution in [0, 0.1) is 0 Å². The maximum absolute atomic E-state index is 9.62. The topological polar surface area (TPSA) is 90.1 Å². The Hall–Kier alpha value is -0.380. The molecule has 0 saturated carbocycles. The van der Waals surface area contributed by atoms with Gasteiger partial charge in [-0.15, -0.1) is 0 Å². The second kappa shape index (κ2) is 2.07. The molecule has 0 atom stereocenters. The molecule has 0 unspecified atom stereocenters. The third kappa shape index (κ3) is 5.62. The summed E-state index contributed by atoms with van der Waals surface area (Å²) in [5.41, 5.74) is 0. The van der Waals surface area contributed by atoms with Crippen molar-refractivity contribution in [1.82, 2.24) is 0 Å². The fourth-order valence-corrected chi connectivity index (χ4v) is 0.202. The van der Waals surface area contributed by atoms with Crippen LogP contribution in [0.25, 0.3) is 0 Å². The van der Waals surface area contributed by atoms with Crippen molar-refractivity contribution < 1.29 is 19.6 Å². The lowest BCUT2D eigenvalue weighted by Crippen LogP contribution is -1.75. The van der Waals surface area contributed by atoms with Gasteiger partial charge in [0, 0.05) is 0 Å². The maximum atomic E-state index is 9.62. The van der Waals surface area contributed by atoms with Crippen LogP contribution in [0.15, 0.2) is 5.16 Å². The van der Waals surface area contributed by atoms with Gasteiger partial charge in [0.2, 0.25) is 0 Å². The summed E-state index contributed by atoms with van der Waals surface area (Å²) in [6, 6.07) is 0. The van der Waals surface area contributed by atoms with Gasteiger partial charge in [0.05, 0.1) is 0 Å². The molecule has 0 spiro atoms. The Kier molecular flexibility index (Phi) is 1.95. The summed E-state index contributed by atoms with van der Waals surface area (Å²) in [4.78, 5) is 15.6. The van der Waals surface area contributed by atoms with Crippen molar-refractivity contribution in [3.8, 4) is 0 Å². The third-order valence-corrected chi connectivity index (χ3v) is 0.606. The molecular weight excluding hydrogens is 121 g/mol. The quantitative estimate of drug-likeness (QED) is 0.192. The summed E-state index contributed by atoms with van der Waals surface area (Å²) in [5.74, 6) is 0.160. The van der Waals surface area contributed by atoms with Crippen LogP contribution < -0.4 is 0 Å². The van der Waals surface area contributed by atoms with Crippen molar-refractivity contribution in [2.24, 2.45) is 5.16 Å². The predicted molar refractivity (Wildman–Crippen MR) is 22.3 cm³/mol. The Balaban J connectivity index is 3.82. The highest BCUT2D eigenvalue weighted by Crippen LogP contribution is 2.29. The van der Waals surface area contributed by atoms with E-state index in [2.05, 4.69) is 5.16 Å². The van der Waals surface area contributed by atoms with Crippen LogP contribution >= 0.6 is 7.60 Å². The van der Waals surface area contributed by atoms with Crippen molar-refractivity contribution in [3.05, 3.63) is 0 Å². The average molecular weight is 125 g/mol. The van der Waals surface area contributed by atoms with E-state index in [1.54, 1.807) is 0 Å². The first kappa shape index (κ1) is 6.62. The van der Waals surface area contributed by atoms with Crippen LogP contribution in [0.3, 0.4) is 0 Å². The molecule has 0 fully saturated rings. The lowest BCUT2D eigenvalue weighted by Gasteiger charge is -1.87. The van der Waals surface area contributed by atoms with Gasteiger partial charge in [-0.1, -0.05) is 5.16 Å². The minimum absolute atomic E-state index is 0.160. The fraction of sp³-hybridized carbons (Fsp3) is 0. The van der Waals surface area contributed by atoms with Gasteiger partial charge in [0.1, 0.15) is 0 Å². The molecule has 0 aliphatic heterocycles. The van der Waals surface area contributed by atoms with Gasteiger partial charge in [-0.05, 0) is 0 Å². The number of rotatable bonds is 1. The highest BCUT2D eigenvalue weighted by atomic mass is 31.2. The molecule has 0 rings (SSSR count). The first-order valence-corrected chi connectivity index (χ1v) is 2.98. The molecule has 0 bridgehead atoms. The fourth-order valence-electron chi connectivity index (χ4n) is 0.0673. The largest absolute Gasteiger partial charge is 0.411 e. The maximum Gasteiger partial charge on any atom is 0.370 e. The SMILES string of the molecule is O=P(O)(O)/C=N/O. The molecule has 0 aliphatic rings. The molecule has 0 aromatic rings. The molecule has 0 aliphatic carbocycles. The van der Waals surface area contributed by atoms with E-state index >= 15 is 0 Å². The highest BCUT2D eigenvalue weighted by molar-refractivity contribution is 7.67. The Morgan fingerprint density at radius 2 is 2.00 bits per heavy atom. The molecule has 6 heteroatoms. The molecular formula is CH4NO4P. The molecule has 3 N–H and O–H groups in total. The molecule has 7 heavy (non-hydrogen) atoms. The number of hydrogen-bond donors (Lipinski definition) is 3. The summed E-state index contributed by atoms with van der Waals surface area (Å²) >= 11 is 0. The van der Waals surface area contributed by atoms with Crippen LogP contribution in [0.4, 0.5) is 0 Å². The van der Waals surface area contributed by atoms with E-state index in [4.69, 9.17) is 15.0 Å². The average Bonchev–Trinajstić information content (AvgIpc) is 1.30. The van der Waals surface area contributed by atoms with Crippen molar-refractivity contribution in [2.75, 3.05) is 0 Å². The van der Waals surface area contributed by atoms with Gasteiger partial charge >= 0.3 is 7.60 Å². The van der Waals surface area contributed by atoms with E-state index in [9.17, 15) is 4.57 Å². The summed E-state index contributed by atoms with van der Waals surface area (Å²) in [5, 5.41) is 9.60. The normalized spacial score (nSPS) is 12.9. The first-order chi connectivity index (χ1) is 3.06. The van der Waals surface area contributed by atoms with E-state index < -0.39 is 7.60 Å². The van der Waals surface area contributed by atoms with Crippen LogP contribution in [0.2, 0.25) is 0 Å². The molecule has 0 aromatic heterocycles. The second-order valence-corrected chi connectivity index (χ2v) is 2.23. The monoisotopic (exact) mass is 125 g/mol. The lowest BCUT2D eigenvalue weighted by molar-refractivity contribution is 0.320. The summed E-state index contributed by atoms with van der Waals surface area (Å²) in [7, 11) is -4.21. The first-order valence-electron chi connectivity index (χ1n) is 1.30. The lowest BCUT2D eigenvalue weighted by atomic mass is 11.7. The Bertz CT molecular complexity index is 113. The van der Waals surface area contributed by atoms with E-state index in [1.807, 2.05) is 0 Å². The number of hydrogen-bond acceptors (Lipinski definition) is 3. The molecule has 0 aromatic carbocycles. The zero-order chi connectivity index (χ0) is 5.91. The van der Waals surface area contributed by atoms with Gasteiger partial charge in [-0.2, -0.15) is 0 Å². The molecule has 42 valence electrons. The standard InChI is InChI=1S/CH4NO4P/c3-2-1-7(4,5)6/h1,3H,(H2,4,5,6)/b2-1+. The number of nitrogens with zero attached hydrogens (tertiary/aromatic N) is 1. The molecule has 5 nitrogen and oxygen atoms in total. The van der Waals surface area contributed by atoms with E-state index in [1.165, 1.54) is 0 Å². The predicted octanol–water partition coefficient (Wildman–Crippen LogP) is -0.418. The van der Waals surface area contributed by atoms with Crippen LogP contribution in [0.5, 0.6) is 0 Å². The van der Waals surface area contributed by atoms with Crippen molar-refractivity contribution in [1.29, 1.82) is 0 Å². The van der Waals surface area contributed by atoms with Crippen LogP contribution in [0.1, 0.15) is 0 Å². The summed E-state index contributed by atoms with van der Waals surface area (Å²) in [6.07, 6.45) is 0. The van der Waals surface area contributed by atoms with Crippen molar-refractivity contribution in [3.63, 3.8) is 0 Å². The molecule has 0 amide bonds.